The van der Waals surface area contributed by atoms with E-state index in [1.54, 1.807) is 18.5 Å². The molecule has 1 aliphatic heterocycles. The maximum Gasteiger partial charge on any atom is 0.360 e. The Morgan fingerprint density at radius 2 is 1.73 bits per heavy atom. The smallest absolute Gasteiger partial charge is 0.264 e. The van der Waals surface area contributed by atoms with Gasteiger partial charge in [-0.25, -0.2) is 0 Å². The number of allylic oxidation sites excluding steroid dienone is 2. The van der Waals surface area contributed by atoms with Crippen molar-refractivity contribution in [1.29, 1.82) is 0 Å². The van der Waals surface area contributed by atoms with Gasteiger partial charge in [-0.15, -0.1) is 0 Å². The van der Waals surface area contributed by atoms with Gasteiger partial charge < -0.3 is 0 Å². The fourth-order valence-electron chi connectivity index (χ4n) is 2.73. The lowest BCUT2D eigenvalue weighted by Gasteiger charge is -2.31. The molecule has 0 aliphatic carbocycles. The van der Waals surface area contributed by atoms with E-state index in [1.807, 2.05) is 12.1 Å². The zero-order valence-corrected chi connectivity index (χ0v) is 14.8. The Morgan fingerprint density at radius 3 is 2.38 bits per heavy atom. The Balaban J connectivity index is 1.71. The van der Waals surface area contributed by atoms with Crippen molar-refractivity contribution in [1.82, 2.24) is 4.98 Å². The summed E-state index contributed by atoms with van der Waals surface area (Å²) in [5, 5.41) is -4.10. The molecule has 0 saturated heterocycles. The molecule has 1 aromatic heterocycles. The number of alkyl halides is 4. The van der Waals surface area contributed by atoms with Crippen LogP contribution in [-0.4, -0.2) is 16.2 Å². The lowest BCUT2D eigenvalue weighted by molar-refractivity contribution is -0.153. The van der Waals surface area contributed by atoms with Gasteiger partial charge in [0, 0.05) is 23.7 Å². The summed E-state index contributed by atoms with van der Waals surface area (Å²) in [4.78, 5) is 4.23. The monoisotopic (exact) mass is 379 g/mol. The molecule has 0 spiro atoms. The number of hydrogen-bond acceptors (Lipinski definition) is 2. The van der Waals surface area contributed by atoms with E-state index in [0.29, 0.717) is 18.4 Å². The van der Waals surface area contributed by atoms with Crippen LogP contribution in [-0.2, 0) is 6.42 Å². The van der Waals surface area contributed by atoms with Crippen molar-refractivity contribution in [3.8, 4) is 0 Å². The van der Waals surface area contributed by atoms with E-state index >= 15 is 0 Å². The molecule has 0 amide bonds. The molecule has 0 unspecified atom stereocenters. The summed E-state index contributed by atoms with van der Waals surface area (Å²) in [6, 6.07) is 8.41. The summed E-state index contributed by atoms with van der Waals surface area (Å²) in [5.41, 5.74) is 3.50. The molecule has 26 heavy (non-hydrogen) atoms. The summed E-state index contributed by atoms with van der Waals surface area (Å²) in [5.74, 6) is -4.04. The average Bonchev–Trinajstić information content (AvgIpc) is 2.60. The lowest BCUT2D eigenvalue weighted by atomic mass is 9.96. The van der Waals surface area contributed by atoms with Crippen LogP contribution < -0.4 is 0 Å². The molecule has 136 valence electrons. The SMILES string of the molecule is C=C(CCC(=C)c1ccc2c(c1)SC(F)(F)C(F)(F)C2)c1cccnc1. The third kappa shape index (κ3) is 3.70. The van der Waals surface area contributed by atoms with Gasteiger partial charge in [-0.05, 0) is 64.6 Å². The van der Waals surface area contributed by atoms with Gasteiger partial charge in [-0.3, -0.25) is 4.98 Å². The number of rotatable bonds is 5. The normalized spacial score (nSPS) is 17.4. The predicted octanol–water partition coefficient (Wildman–Crippen LogP) is 6.46. The van der Waals surface area contributed by atoms with Crippen molar-refractivity contribution in [3.63, 3.8) is 0 Å². The van der Waals surface area contributed by atoms with Crippen LogP contribution in [0, 0.1) is 0 Å². The van der Waals surface area contributed by atoms with E-state index < -0.39 is 17.6 Å². The maximum absolute atomic E-state index is 13.6. The molecule has 1 aliphatic rings. The molecule has 2 aromatic rings. The Bertz CT molecular complexity index is 846. The second-order valence-electron chi connectivity index (χ2n) is 6.27. The minimum absolute atomic E-state index is 0.0763. The number of halogens is 4. The number of thioether (sulfide) groups is 1. The maximum atomic E-state index is 13.6. The standard InChI is InChI=1S/C20H17F4NS/c1-13(5-6-14(2)17-4-3-9-25-12-17)15-7-8-16-11-19(21,22)20(23,24)26-18(16)10-15/h3-4,7-10,12H,1-2,5-6,11H2. The molecule has 6 heteroatoms. The highest BCUT2D eigenvalue weighted by Gasteiger charge is 2.59. The van der Waals surface area contributed by atoms with E-state index in [2.05, 4.69) is 18.1 Å². The number of hydrogen-bond donors (Lipinski definition) is 0. The molecular formula is C20H17F4NS. The third-order valence-corrected chi connectivity index (χ3v) is 5.51. The van der Waals surface area contributed by atoms with Crippen LogP contribution in [0.4, 0.5) is 17.6 Å². The molecule has 3 rings (SSSR count). The lowest BCUT2D eigenvalue weighted by Crippen LogP contribution is -2.42. The first-order chi connectivity index (χ1) is 12.2. The number of nitrogens with zero attached hydrogens (tertiary/aromatic N) is 1. The largest absolute Gasteiger partial charge is 0.360 e. The quantitative estimate of drug-likeness (QED) is 0.553. The Kier molecular flexibility index (Phi) is 4.97. The van der Waals surface area contributed by atoms with Crippen molar-refractivity contribution in [3.05, 3.63) is 72.6 Å². The highest BCUT2D eigenvalue weighted by Crippen LogP contribution is 2.53. The fraction of sp³-hybridized carbons (Fsp3) is 0.250. The summed E-state index contributed by atoms with van der Waals surface area (Å²) in [6.07, 6.45) is 3.68. The molecule has 0 radical (unpaired) electrons. The van der Waals surface area contributed by atoms with Crippen LogP contribution >= 0.6 is 11.8 Å². The van der Waals surface area contributed by atoms with Crippen molar-refractivity contribution in [2.24, 2.45) is 0 Å². The van der Waals surface area contributed by atoms with Crippen molar-refractivity contribution >= 4 is 22.9 Å². The van der Waals surface area contributed by atoms with Gasteiger partial charge in [0.15, 0.2) is 0 Å². The van der Waals surface area contributed by atoms with Crippen molar-refractivity contribution < 1.29 is 17.6 Å². The second-order valence-corrected chi connectivity index (χ2v) is 7.43. The first-order valence-corrected chi connectivity index (χ1v) is 8.85. The van der Waals surface area contributed by atoms with Crippen LogP contribution in [0.25, 0.3) is 11.1 Å². The highest BCUT2D eigenvalue weighted by atomic mass is 32.2. The predicted molar refractivity (Wildman–Crippen MR) is 97.4 cm³/mol. The molecule has 2 heterocycles. The Morgan fingerprint density at radius 1 is 1.04 bits per heavy atom. The van der Waals surface area contributed by atoms with Crippen molar-refractivity contribution in [2.75, 3.05) is 0 Å². The second kappa shape index (κ2) is 6.91. The van der Waals surface area contributed by atoms with Crippen LogP contribution in [0.5, 0.6) is 0 Å². The third-order valence-electron chi connectivity index (χ3n) is 4.35. The van der Waals surface area contributed by atoms with E-state index in [9.17, 15) is 17.6 Å². The summed E-state index contributed by atoms with van der Waals surface area (Å²) in [7, 11) is 0. The van der Waals surface area contributed by atoms with Gasteiger partial charge >= 0.3 is 11.2 Å². The minimum Gasteiger partial charge on any atom is -0.264 e. The number of aromatic nitrogens is 1. The van der Waals surface area contributed by atoms with Gasteiger partial charge in [-0.2, -0.15) is 17.6 Å². The van der Waals surface area contributed by atoms with E-state index in [0.717, 1.165) is 16.7 Å². The molecule has 0 fully saturated rings. The molecule has 1 aromatic carbocycles. The van der Waals surface area contributed by atoms with Crippen molar-refractivity contribution in [2.45, 2.75) is 35.3 Å². The Hall–Kier alpha value is -2.08. The molecule has 1 nitrogen and oxygen atoms in total. The highest BCUT2D eigenvalue weighted by molar-refractivity contribution is 8.00. The summed E-state index contributed by atoms with van der Waals surface area (Å²) < 4.78 is 54.2. The molecular weight excluding hydrogens is 362 g/mol. The summed E-state index contributed by atoms with van der Waals surface area (Å²) in [6.45, 7) is 8.03. The topological polar surface area (TPSA) is 12.9 Å². The summed E-state index contributed by atoms with van der Waals surface area (Å²) >= 11 is -0.0763. The average molecular weight is 379 g/mol. The molecule has 0 bridgehead atoms. The van der Waals surface area contributed by atoms with Gasteiger partial charge in [0.2, 0.25) is 0 Å². The van der Waals surface area contributed by atoms with Crippen LogP contribution in [0.15, 0.2) is 60.8 Å². The number of fused-ring (bicyclic) bond motifs is 1. The molecule has 0 saturated carbocycles. The van der Waals surface area contributed by atoms with Gasteiger partial charge in [0.05, 0.1) is 0 Å². The molecule has 0 atom stereocenters. The zero-order chi connectivity index (χ0) is 18.9. The fourth-order valence-corrected chi connectivity index (χ4v) is 3.69. The first-order valence-electron chi connectivity index (χ1n) is 8.03. The number of benzene rings is 1. The van der Waals surface area contributed by atoms with E-state index in [1.165, 1.54) is 12.1 Å². The minimum atomic E-state index is -4.10. The van der Waals surface area contributed by atoms with E-state index in [-0.39, 0.29) is 22.2 Å². The number of pyridine rings is 1. The van der Waals surface area contributed by atoms with Crippen LogP contribution in [0.2, 0.25) is 0 Å². The van der Waals surface area contributed by atoms with Gasteiger partial charge in [0.25, 0.3) is 0 Å². The Labute approximate surface area is 153 Å². The first kappa shape index (κ1) is 18.7. The zero-order valence-electron chi connectivity index (χ0n) is 13.9. The van der Waals surface area contributed by atoms with Gasteiger partial charge in [0.1, 0.15) is 0 Å². The van der Waals surface area contributed by atoms with Gasteiger partial charge in [-0.1, -0.05) is 31.4 Å². The van der Waals surface area contributed by atoms with Crippen LogP contribution in [0.1, 0.15) is 29.5 Å². The van der Waals surface area contributed by atoms with Crippen LogP contribution in [0.3, 0.4) is 0 Å². The van der Waals surface area contributed by atoms with E-state index in [4.69, 9.17) is 0 Å². The molecule has 0 N–H and O–H groups in total.